The van der Waals surface area contributed by atoms with Gasteiger partial charge in [0, 0.05) is 23.9 Å². The van der Waals surface area contributed by atoms with E-state index in [9.17, 15) is 26.9 Å². The zero-order chi connectivity index (χ0) is 26.5. The largest absolute Gasteiger partial charge is 0.439 e. The molecule has 190 valence electrons. The molecule has 3 rings (SSSR count). The molecule has 36 heavy (non-hydrogen) atoms. The molecule has 0 aliphatic carbocycles. The normalized spacial score (nSPS) is 14.7. The second-order valence-electron chi connectivity index (χ2n) is 7.93. The molecule has 0 unspecified atom stereocenters. The summed E-state index contributed by atoms with van der Waals surface area (Å²) in [4.78, 5) is 14.6. The molecule has 10 nitrogen and oxygen atoms in total. The van der Waals surface area contributed by atoms with Crippen LogP contribution in [0.3, 0.4) is 0 Å². The molecule has 1 aliphatic rings. The molecule has 2 aromatic carbocycles. The van der Waals surface area contributed by atoms with Gasteiger partial charge in [-0.3, -0.25) is 14.2 Å². The number of carbonyl (C=O) groups is 1. The topological polar surface area (TPSA) is 146 Å². The highest BCUT2D eigenvalue weighted by Gasteiger charge is 2.25. The van der Waals surface area contributed by atoms with Crippen molar-refractivity contribution in [1.82, 2.24) is 0 Å². The average molecular weight is 531 g/mol. The number of anilines is 3. The lowest BCUT2D eigenvalue weighted by atomic mass is 10.0. The van der Waals surface area contributed by atoms with Gasteiger partial charge in [0.25, 0.3) is 0 Å². The first-order valence-corrected chi connectivity index (χ1v) is 14.5. The Labute approximate surface area is 211 Å². The fourth-order valence-electron chi connectivity index (χ4n) is 3.49. The van der Waals surface area contributed by atoms with Gasteiger partial charge in [-0.1, -0.05) is 6.92 Å². The molecule has 0 amide bonds. The molecule has 12 heteroatoms. The highest BCUT2D eigenvalue weighted by molar-refractivity contribution is 7.92. The van der Waals surface area contributed by atoms with Crippen LogP contribution in [0, 0.1) is 11.3 Å². The number of fused-ring (bicyclic) bond motifs is 1. The number of nitriles is 1. The van der Waals surface area contributed by atoms with E-state index in [2.05, 4.69) is 9.44 Å². The molecule has 0 spiro atoms. The maximum absolute atomic E-state index is 12.8. The number of hydrogen-bond acceptors (Lipinski definition) is 8. The monoisotopic (exact) mass is 530 g/mol. The van der Waals surface area contributed by atoms with Crippen LogP contribution in [-0.2, 0) is 20.0 Å². The van der Waals surface area contributed by atoms with Crippen LogP contribution in [0.1, 0.15) is 30.6 Å². The highest BCUT2D eigenvalue weighted by Crippen LogP contribution is 2.40. The van der Waals surface area contributed by atoms with Crippen LogP contribution in [0.5, 0.6) is 5.75 Å². The number of Topliss-reactive ketones (excluding diaryl/α,β-unsaturated/α-hetero) is 1. The molecule has 2 aromatic rings. The predicted molar refractivity (Wildman–Crippen MR) is 139 cm³/mol. The van der Waals surface area contributed by atoms with Crippen LogP contribution in [0.15, 0.2) is 66.1 Å². The second kappa shape index (κ2) is 10.8. The Morgan fingerprint density at radius 1 is 1.06 bits per heavy atom. The van der Waals surface area contributed by atoms with E-state index in [1.807, 2.05) is 13.0 Å². The number of carbonyl (C=O) groups excluding carboxylic acids is 1. The van der Waals surface area contributed by atoms with E-state index >= 15 is 0 Å². The fourth-order valence-corrected chi connectivity index (χ4v) is 5.18. The number of rotatable bonds is 10. The molecule has 2 N–H and O–H groups in total. The number of ketones is 1. The molecule has 0 fully saturated rings. The van der Waals surface area contributed by atoms with Crippen molar-refractivity contribution in [3.63, 3.8) is 0 Å². The summed E-state index contributed by atoms with van der Waals surface area (Å²) in [7, 11) is -6.91. The maximum atomic E-state index is 12.8. The molecule has 0 atom stereocenters. The van der Waals surface area contributed by atoms with Gasteiger partial charge in [-0.25, -0.2) is 16.8 Å². The molecule has 0 bridgehead atoms. The zero-order valence-corrected chi connectivity index (χ0v) is 21.6. The second-order valence-corrected chi connectivity index (χ2v) is 11.5. The summed E-state index contributed by atoms with van der Waals surface area (Å²) >= 11 is 0. The van der Waals surface area contributed by atoms with Crippen molar-refractivity contribution in [2.75, 3.05) is 32.9 Å². The Bertz CT molecular complexity index is 1470. The third kappa shape index (κ3) is 6.65. The molecule has 0 saturated carbocycles. The molecule has 0 radical (unpaired) electrons. The summed E-state index contributed by atoms with van der Waals surface area (Å²) in [5, 5.41) is 9.56. The summed E-state index contributed by atoms with van der Waals surface area (Å²) in [5.41, 5.74) is 1.42. The summed E-state index contributed by atoms with van der Waals surface area (Å²) < 4.78 is 57.6. The lowest BCUT2D eigenvalue weighted by molar-refractivity contribution is 0.103. The van der Waals surface area contributed by atoms with Gasteiger partial charge < -0.3 is 9.64 Å². The Hall–Kier alpha value is -3.82. The van der Waals surface area contributed by atoms with Crippen molar-refractivity contribution in [3.05, 3.63) is 71.6 Å². The van der Waals surface area contributed by atoms with Gasteiger partial charge in [0.05, 0.1) is 23.4 Å². The minimum Gasteiger partial charge on any atom is -0.439 e. The van der Waals surface area contributed by atoms with Crippen molar-refractivity contribution in [1.29, 1.82) is 5.26 Å². The number of hydrogen-bond donors (Lipinski definition) is 2. The van der Waals surface area contributed by atoms with Crippen LogP contribution in [-0.4, -0.2) is 41.2 Å². The first kappa shape index (κ1) is 26.8. The van der Waals surface area contributed by atoms with Crippen LogP contribution in [0.2, 0.25) is 0 Å². The lowest BCUT2D eigenvalue weighted by Gasteiger charge is -2.15. The van der Waals surface area contributed by atoms with Gasteiger partial charge in [-0.2, -0.15) is 5.26 Å². The molecule has 1 aliphatic heterocycles. The van der Waals surface area contributed by atoms with E-state index in [0.717, 1.165) is 6.26 Å². The van der Waals surface area contributed by atoms with Gasteiger partial charge in [0.1, 0.15) is 11.6 Å². The molecule has 0 aromatic heterocycles. The van der Waals surface area contributed by atoms with E-state index in [-0.39, 0.29) is 16.9 Å². The Morgan fingerprint density at radius 3 is 2.31 bits per heavy atom. The summed E-state index contributed by atoms with van der Waals surface area (Å²) in [5.74, 6) is 0.321. The van der Waals surface area contributed by atoms with E-state index in [0.29, 0.717) is 41.7 Å². The van der Waals surface area contributed by atoms with Crippen LogP contribution in [0.4, 0.5) is 17.1 Å². The Morgan fingerprint density at radius 2 is 1.72 bits per heavy atom. The molecule has 1 heterocycles. The average Bonchev–Trinajstić information content (AvgIpc) is 3.15. The van der Waals surface area contributed by atoms with Gasteiger partial charge in [0.2, 0.25) is 31.7 Å². The minimum absolute atomic E-state index is 0.0140. The zero-order valence-electron chi connectivity index (χ0n) is 20.0. The van der Waals surface area contributed by atoms with Gasteiger partial charge in [-0.15, -0.1) is 0 Å². The number of nitrogens with zero attached hydrogens (tertiary/aromatic N) is 2. The first-order chi connectivity index (χ1) is 17.0. The number of nitrogens with one attached hydrogen (secondary N) is 2. The SMILES string of the molecule is CCCS(=O)(=O)Nc1ccc(C(=O)C(C#N)=CC=C2Oc3ccc(NS(C)(=O)=O)cc3N2CC)cc1. The van der Waals surface area contributed by atoms with Crippen LogP contribution >= 0.6 is 0 Å². The molecular formula is C24H26N4O6S2. The molecular weight excluding hydrogens is 504 g/mol. The third-order valence-corrected chi connectivity index (χ3v) is 7.10. The van der Waals surface area contributed by atoms with Gasteiger partial charge in [0.15, 0.2) is 5.75 Å². The van der Waals surface area contributed by atoms with E-state index in [1.54, 1.807) is 30.0 Å². The van der Waals surface area contributed by atoms with Gasteiger partial charge >= 0.3 is 0 Å². The number of ether oxygens (including phenoxy) is 1. The number of benzene rings is 2. The fraction of sp³-hybridized carbons (Fsp3) is 0.250. The smallest absolute Gasteiger partial charge is 0.232 e. The predicted octanol–water partition coefficient (Wildman–Crippen LogP) is 3.60. The Balaban J connectivity index is 1.81. The van der Waals surface area contributed by atoms with Crippen molar-refractivity contribution < 1.29 is 26.4 Å². The summed E-state index contributed by atoms with van der Waals surface area (Å²) in [6, 6.07) is 12.5. The standard InChI is InChI=1S/C24H26N4O6S2/c1-4-14-36(32,33)27-19-9-6-17(7-10-19)24(29)18(16-25)8-13-23-28(5-2)21-15-20(26-35(3,30)31)11-12-22(21)34-23/h6-13,15,26-27H,4-5,14H2,1-3H3. The van der Waals surface area contributed by atoms with Crippen LogP contribution in [0.25, 0.3) is 0 Å². The third-order valence-electron chi connectivity index (χ3n) is 5.00. The van der Waals surface area contributed by atoms with Crippen molar-refractivity contribution >= 4 is 42.9 Å². The van der Waals surface area contributed by atoms with E-state index in [1.165, 1.54) is 36.4 Å². The van der Waals surface area contributed by atoms with Crippen molar-refractivity contribution in [3.8, 4) is 11.8 Å². The molecule has 0 saturated heterocycles. The highest BCUT2D eigenvalue weighted by atomic mass is 32.2. The Kier molecular flexibility index (Phi) is 8.07. The quantitative estimate of drug-likeness (QED) is 0.269. The summed E-state index contributed by atoms with van der Waals surface area (Å²) in [6.07, 6.45) is 4.38. The number of sulfonamides is 2. The van der Waals surface area contributed by atoms with Crippen LogP contribution < -0.4 is 19.1 Å². The maximum Gasteiger partial charge on any atom is 0.232 e. The minimum atomic E-state index is -3.46. The van der Waals surface area contributed by atoms with Crippen molar-refractivity contribution in [2.45, 2.75) is 20.3 Å². The lowest BCUT2D eigenvalue weighted by Crippen LogP contribution is -2.19. The number of allylic oxidation sites excluding steroid dienone is 3. The van der Waals surface area contributed by atoms with Crippen molar-refractivity contribution in [2.24, 2.45) is 0 Å². The van der Waals surface area contributed by atoms with Gasteiger partial charge in [-0.05, 0) is 61.9 Å². The first-order valence-electron chi connectivity index (χ1n) is 11.0. The van der Waals surface area contributed by atoms with E-state index < -0.39 is 25.8 Å². The van der Waals surface area contributed by atoms with E-state index in [4.69, 9.17) is 4.74 Å². The summed E-state index contributed by atoms with van der Waals surface area (Å²) in [6.45, 7) is 4.12.